The molecule has 2 aromatic carbocycles. The number of aromatic amines is 1. The van der Waals surface area contributed by atoms with Crippen molar-refractivity contribution in [3.63, 3.8) is 0 Å². The van der Waals surface area contributed by atoms with E-state index in [-0.39, 0.29) is 16.7 Å². The zero-order valence-corrected chi connectivity index (χ0v) is 14.7. The summed E-state index contributed by atoms with van der Waals surface area (Å²) in [6, 6.07) is 9.99. The molecule has 140 valence electrons. The summed E-state index contributed by atoms with van der Waals surface area (Å²) in [5, 5.41) is 9.90. The molecular weight excluding hydrogens is 379 g/mol. The van der Waals surface area contributed by atoms with Crippen molar-refractivity contribution in [1.82, 2.24) is 4.98 Å². The maximum Gasteiger partial charge on any atom is 0.416 e. The van der Waals surface area contributed by atoms with E-state index in [0.29, 0.717) is 16.4 Å². The molecule has 8 heteroatoms. The largest absolute Gasteiger partial charge is 0.494 e. The number of aryl methyl sites for hydroxylation is 1. The molecule has 1 aliphatic rings. The molecule has 1 aromatic heterocycles. The Morgan fingerprint density at radius 2 is 1.81 bits per heavy atom. The van der Waals surface area contributed by atoms with Crippen molar-refractivity contribution in [3.8, 4) is 17.4 Å². The Labute approximate surface area is 155 Å². The Morgan fingerprint density at radius 1 is 1.11 bits per heavy atom. The van der Waals surface area contributed by atoms with Gasteiger partial charge in [0.25, 0.3) is 0 Å². The standard InChI is InChI=1S/C19H14F3NO3S/c20-19(21,22)11-2-4-12(5-3-11)26-13-6-8-14-10(9-13)1-7-15(14)16-17(24)23-18(25)27-16/h2-6,8-9,15,24H,1,7H2,(H,23,25)/t15-/m1/s1. The van der Waals surface area contributed by atoms with Gasteiger partial charge in [-0.15, -0.1) is 0 Å². The molecule has 27 heavy (non-hydrogen) atoms. The molecule has 4 rings (SSSR count). The van der Waals surface area contributed by atoms with Crippen molar-refractivity contribution in [2.75, 3.05) is 0 Å². The summed E-state index contributed by atoms with van der Waals surface area (Å²) < 4.78 is 43.5. The molecule has 0 amide bonds. The zero-order valence-electron chi connectivity index (χ0n) is 13.8. The molecule has 1 heterocycles. The third kappa shape index (κ3) is 3.44. The first kappa shape index (κ1) is 17.7. The molecule has 1 aliphatic carbocycles. The lowest BCUT2D eigenvalue weighted by molar-refractivity contribution is -0.137. The molecule has 2 N–H and O–H groups in total. The van der Waals surface area contributed by atoms with Gasteiger partial charge in [-0.05, 0) is 60.4 Å². The second-order valence-corrected chi connectivity index (χ2v) is 7.32. The Morgan fingerprint density at radius 3 is 2.44 bits per heavy atom. The number of thiazole rings is 1. The fourth-order valence-corrected chi connectivity index (χ4v) is 4.23. The molecule has 0 bridgehead atoms. The van der Waals surface area contributed by atoms with Crippen LogP contribution in [0.25, 0.3) is 0 Å². The highest BCUT2D eigenvalue weighted by Crippen LogP contribution is 2.43. The Hall–Kier alpha value is -2.74. The van der Waals surface area contributed by atoms with Crippen LogP contribution in [0, 0.1) is 0 Å². The minimum atomic E-state index is -4.38. The van der Waals surface area contributed by atoms with Gasteiger partial charge < -0.3 is 9.84 Å². The van der Waals surface area contributed by atoms with Crippen molar-refractivity contribution < 1.29 is 23.0 Å². The third-order valence-electron chi connectivity index (χ3n) is 4.58. The van der Waals surface area contributed by atoms with Gasteiger partial charge in [0.15, 0.2) is 0 Å². The highest BCUT2D eigenvalue weighted by atomic mass is 32.1. The molecule has 0 saturated heterocycles. The van der Waals surface area contributed by atoms with Crippen LogP contribution in [0.4, 0.5) is 13.2 Å². The second-order valence-electron chi connectivity index (χ2n) is 6.30. The Bertz CT molecular complexity index is 1040. The smallest absolute Gasteiger partial charge is 0.416 e. The zero-order chi connectivity index (χ0) is 19.2. The number of alkyl halides is 3. The summed E-state index contributed by atoms with van der Waals surface area (Å²) >= 11 is 1.00. The van der Waals surface area contributed by atoms with Crippen molar-refractivity contribution in [1.29, 1.82) is 0 Å². The number of benzene rings is 2. The van der Waals surface area contributed by atoms with E-state index < -0.39 is 11.7 Å². The number of hydrogen-bond acceptors (Lipinski definition) is 4. The quantitative estimate of drug-likeness (QED) is 0.656. The van der Waals surface area contributed by atoms with Gasteiger partial charge in [-0.3, -0.25) is 9.78 Å². The van der Waals surface area contributed by atoms with Crippen molar-refractivity contribution in [3.05, 3.63) is 73.7 Å². The fraction of sp³-hybridized carbons (Fsp3) is 0.211. The summed E-state index contributed by atoms with van der Waals surface area (Å²) in [6.45, 7) is 0. The number of H-pyrrole nitrogens is 1. The minimum absolute atomic E-state index is 0.0518. The molecule has 4 nitrogen and oxygen atoms in total. The van der Waals surface area contributed by atoms with Crippen LogP contribution < -0.4 is 9.61 Å². The molecule has 0 spiro atoms. The van der Waals surface area contributed by atoms with Crippen molar-refractivity contribution in [2.24, 2.45) is 0 Å². The van der Waals surface area contributed by atoms with E-state index in [1.165, 1.54) is 12.1 Å². The van der Waals surface area contributed by atoms with Gasteiger partial charge in [-0.25, -0.2) is 0 Å². The predicted molar refractivity (Wildman–Crippen MR) is 94.7 cm³/mol. The van der Waals surface area contributed by atoms with Gasteiger partial charge >= 0.3 is 11.0 Å². The van der Waals surface area contributed by atoms with E-state index in [2.05, 4.69) is 4.98 Å². The van der Waals surface area contributed by atoms with E-state index in [1.54, 1.807) is 6.07 Å². The summed E-state index contributed by atoms with van der Waals surface area (Å²) in [7, 11) is 0. The van der Waals surface area contributed by atoms with Crippen LogP contribution in [-0.2, 0) is 12.6 Å². The lowest BCUT2D eigenvalue weighted by atomic mass is 10.00. The predicted octanol–water partition coefficient (Wildman–Crippen LogP) is 5.03. The topological polar surface area (TPSA) is 62.3 Å². The molecule has 0 saturated carbocycles. The Kier molecular flexibility index (Phi) is 4.22. The van der Waals surface area contributed by atoms with E-state index in [0.717, 1.165) is 47.4 Å². The monoisotopic (exact) mass is 393 g/mol. The third-order valence-corrected chi connectivity index (χ3v) is 5.57. The maximum absolute atomic E-state index is 12.6. The number of nitrogens with one attached hydrogen (secondary N) is 1. The summed E-state index contributed by atoms with van der Waals surface area (Å²) in [5.41, 5.74) is 1.32. The van der Waals surface area contributed by atoms with Crippen LogP contribution in [0.1, 0.15) is 33.9 Å². The van der Waals surface area contributed by atoms with Crippen LogP contribution in [0.2, 0.25) is 0 Å². The average Bonchev–Trinajstić information content (AvgIpc) is 3.16. The second kappa shape index (κ2) is 6.45. The van der Waals surface area contributed by atoms with Crippen LogP contribution in [0.5, 0.6) is 17.4 Å². The van der Waals surface area contributed by atoms with Crippen LogP contribution in [-0.4, -0.2) is 10.1 Å². The van der Waals surface area contributed by atoms with Gasteiger partial charge in [0.05, 0.1) is 10.4 Å². The van der Waals surface area contributed by atoms with E-state index in [9.17, 15) is 23.1 Å². The van der Waals surface area contributed by atoms with Gasteiger partial charge in [-0.1, -0.05) is 17.4 Å². The minimum Gasteiger partial charge on any atom is -0.494 e. The highest BCUT2D eigenvalue weighted by molar-refractivity contribution is 7.09. The number of ether oxygens (including phenoxy) is 1. The molecule has 0 aliphatic heterocycles. The lowest BCUT2D eigenvalue weighted by Gasteiger charge is -2.12. The first-order valence-electron chi connectivity index (χ1n) is 8.21. The lowest BCUT2D eigenvalue weighted by Crippen LogP contribution is -2.04. The molecule has 0 radical (unpaired) electrons. The van der Waals surface area contributed by atoms with Gasteiger partial charge in [-0.2, -0.15) is 13.2 Å². The Balaban J connectivity index is 1.56. The number of aromatic nitrogens is 1. The summed E-state index contributed by atoms with van der Waals surface area (Å²) in [5.74, 6) is 0.705. The molecular formula is C19H14F3NO3S. The normalized spacial score (nSPS) is 16.3. The number of rotatable bonds is 3. The average molecular weight is 393 g/mol. The van der Waals surface area contributed by atoms with Crippen molar-refractivity contribution >= 4 is 11.3 Å². The fourth-order valence-electron chi connectivity index (χ4n) is 3.35. The number of fused-ring (bicyclic) bond motifs is 1. The molecule has 0 fully saturated rings. The van der Waals surface area contributed by atoms with Crippen LogP contribution in [0.15, 0.2) is 47.3 Å². The van der Waals surface area contributed by atoms with E-state index >= 15 is 0 Å². The molecule has 1 atom stereocenters. The first-order valence-corrected chi connectivity index (χ1v) is 9.03. The number of aromatic hydroxyl groups is 1. The highest BCUT2D eigenvalue weighted by Gasteiger charge is 2.30. The molecule has 0 unspecified atom stereocenters. The van der Waals surface area contributed by atoms with Gasteiger partial charge in [0.2, 0.25) is 5.88 Å². The van der Waals surface area contributed by atoms with Gasteiger partial charge in [0, 0.05) is 5.92 Å². The van der Waals surface area contributed by atoms with Crippen LogP contribution >= 0.6 is 11.3 Å². The number of hydrogen-bond donors (Lipinski definition) is 2. The van der Waals surface area contributed by atoms with Crippen LogP contribution in [0.3, 0.4) is 0 Å². The summed E-state index contributed by atoms with van der Waals surface area (Å²) in [6.07, 6.45) is -2.86. The summed E-state index contributed by atoms with van der Waals surface area (Å²) in [4.78, 5) is 14.2. The van der Waals surface area contributed by atoms with E-state index in [4.69, 9.17) is 4.74 Å². The van der Waals surface area contributed by atoms with Crippen molar-refractivity contribution in [2.45, 2.75) is 24.9 Å². The number of halogens is 3. The maximum atomic E-state index is 12.6. The van der Waals surface area contributed by atoms with E-state index in [1.807, 2.05) is 12.1 Å². The SMILES string of the molecule is O=c1[nH]c(O)c([C@@H]2CCc3cc(Oc4ccc(C(F)(F)F)cc4)ccc32)s1. The van der Waals surface area contributed by atoms with Gasteiger partial charge in [0.1, 0.15) is 11.5 Å². The molecule has 3 aromatic rings. The first-order chi connectivity index (χ1) is 12.8.